The summed E-state index contributed by atoms with van der Waals surface area (Å²) in [5.74, 6) is -0.242. The van der Waals surface area contributed by atoms with E-state index in [0.717, 1.165) is 28.1 Å². The lowest BCUT2D eigenvalue weighted by atomic mass is 10.0. The molecule has 0 N–H and O–H groups in total. The van der Waals surface area contributed by atoms with Gasteiger partial charge < -0.3 is 8.92 Å². The van der Waals surface area contributed by atoms with Crippen molar-refractivity contribution < 1.29 is 26.9 Å². The Kier molecular flexibility index (Phi) is 6.73. The monoisotopic (exact) mass is 531 g/mol. The van der Waals surface area contributed by atoms with Crippen LogP contribution >= 0.6 is 11.8 Å². The molecule has 37 heavy (non-hydrogen) atoms. The lowest BCUT2D eigenvalue weighted by Gasteiger charge is -2.14. The first-order chi connectivity index (χ1) is 17.9. The summed E-state index contributed by atoms with van der Waals surface area (Å²) in [4.78, 5) is 27.3. The van der Waals surface area contributed by atoms with E-state index < -0.39 is 16.0 Å². The van der Waals surface area contributed by atoms with Crippen LogP contribution < -0.4 is 8.92 Å². The molecule has 1 heterocycles. The Bertz CT molecular complexity index is 1640. The standard InChI is InChI=1S/C28H21NO6S2/c1-34-24-15-14-19(16-25(24)35-37(32,33)22-11-3-2-4-12-22)17-26-27(30)29(28(31)36-26)18-21-10-7-9-20-8-5-6-13-23(20)21/h2-17H,18H2,1H3/b26-17-. The van der Waals surface area contributed by atoms with Gasteiger partial charge in [0.2, 0.25) is 0 Å². The Morgan fingerprint density at radius 1 is 0.865 bits per heavy atom. The van der Waals surface area contributed by atoms with Gasteiger partial charge in [0.15, 0.2) is 11.5 Å². The van der Waals surface area contributed by atoms with Crippen molar-refractivity contribution in [1.29, 1.82) is 0 Å². The van der Waals surface area contributed by atoms with Crippen LogP contribution in [-0.4, -0.2) is 31.6 Å². The Morgan fingerprint density at radius 3 is 2.38 bits per heavy atom. The number of benzene rings is 4. The van der Waals surface area contributed by atoms with Gasteiger partial charge >= 0.3 is 10.1 Å². The number of nitrogens with zero attached hydrogens (tertiary/aromatic N) is 1. The Hall–Kier alpha value is -4.08. The third-order valence-corrected chi connectivity index (χ3v) is 7.95. The zero-order chi connectivity index (χ0) is 26.0. The summed E-state index contributed by atoms with van der Waals surface area (Å²) in [6, 6.07) is 26.0. The topological polar surface area (TPSA) is 90.0 Å². The van der Waals surface area contributed by atoms with Gasteiger partial charge in [-0.1, -0.05) is 66.7 Å². The second-order valence-corrected chi connectivity index (χ2v) is 10.7. The summed E-state index contributed by atoms with van der Waals surface area (Å²) < 4.78 is 36.1. The van der Waals surface area contributed by atoms with Crippen LogP contribution in [0.3, 0.4) is 0 Å². The molecule has 0 aliphatic carbocycles. The first-order valence-electron chi connectivity index (χ1n) is 11.3. The van der Waals surface area contributed by atoms with Gasteiger partial charge in [0.1, 0.15) is 4.90 Å². The Labute approximate surface area is 218 Å². The number of amides is 2. The maximum Gasteiger partial charge on any atom is 0.339 e. The molecule has 5 rings (SSSR count). The molecule has 1 fully saturated rings. The van der Waals surface area contributed by atoms with Crippen molar-refractivity contribution in [3.05, 3.63) is 107 Å². The summed E-state index contributed by atoms with van der Waals surface area (Å²) >= 11 is 0.835. The van der Waals surface area contributed by atoms with E-state index in [-0.39, 0.29) is 33.1 Å². The molecule has 0 spiro atoms. The van der Waals surface area contributed by atoms with Crippen LogP contribution in [0.5, 0.6) is 11.5 Å². The first kappa shape index (κ1) is 24.6. The number of thioether (sulfide) groups is 1. The molecule has 0 unspecified atom stereocenters. The fourth-order valence-corrected chi connectivity index (χ4v) is 5.78. The number of imide groups is 1. The number of rotatable bonds is 7. The average molecular weight is 532 g/mol. The summed E-state index contributed by atoms with van der Waals surface area (Å²) in [5, 5.41) is 1.63. The second-order valence-electron chi connectivity index (χ2n) is 8.17. The fraction of sp³-hybridized carbons (Fsp3) is 0.0714. The molecule has 7 nitrogen and oxygen atoms in total. The molecule has 0 bridgehead atoms. The van der Waals surface area contributed by atoms with E-state index in [0.29, 0.717) is 5.56 Å². The lowest BCUT2D eigenvalue weighted by molar-refractivity contribution is -0.123. The minimum Gasteiger partial charge on any atom is -0.493 e. The van der Waals surface area contributed by atoms with Crippen LogP contribution in [0.15, 0.2) is 101 Å². The number of hydrogen-bond acceptors (Lipinski definition) is 7. The summed E-state index contributed by atoms with van der Waals surface area (Å²) in [6.45, 7) is 0.148. The summed E-state index contributed by atoms with van der Waals surface area (Å²) in [5.41, 5.74) is 1.35. The number of carbonyl (C=O) groups excluding carboxylic acids is 2. The van der Waals surface area contributed by atoms with Crippen molar-refractivity contribution >= 4 is 49.9 Å². The van der Waals surface area contributed by atoms with E-state index >= 15 is 0 Å². The van der Waals surface area contributed by atoms with E-state index in [1.54, 1.807) is 30.3 Å². The van der Waals surface area contributed by atoms with Crippen molar-refractivity contribution in [2.24, 2.45) is 0 Å². The third-order valence-electron chi connectivity index (χ3n) is 5.80. The van der Waals surface area contributed by atoms with Crippen molar-refractivity contribution in [3.63, 3.8) is 0 Å². The van der Waals surface area contributed by atoms with Gasteiger partial charge in [0.05, 0.1) is 18.6 Å². The number of hydrogen-bond donors (Lipinski definition) is 0. The van der Waals surface area contributed by atoms with Gasteiger partial charge in [-0.2, -0.15) is 8.42 Å². The smallest absolute Gasteiger partial charge is 0.339 e. The highest BCUT2D eigenvalue weighted by Gasteiger charge is 2.35. The first-order valence-corrected chi connectivity index (χ1v) is 13.5. The predicted octanol–water partition coefficient (Wildman–Crippen LogP) is 5.85. The molecule has 2 amide bonds. The maximum absolute atomic E-state index is 13.1. The van der Waals surface area contributed by atoms with Gasteiger partial charge in [-0.05, 0) is 64.0 Å². The molecular formula is C28H21NO6S2. The molecule has 0 saturated carbocycles. The van der Waals surface area contributed by atoms with Crippen molar-refractivity contribution in [2.75, 3.05) is 7.11 Å². The minimum atomic E-state index is -4.11. The van der Waals surface area contributed by atoms with Crippen molar-refractivity contribution in [3.8, 4) is 11.5 Å². The molecule has 0 atom stereocenters. The van der Waals surface area contributed by atoms with Crippen LogP contribution in [0.4, 0.5) is 4.79 Å². The third kappa shape index (κ3) is 5.09. The van der Waals surface area contributed by atoms with Crippen LogP contribution in [-0.2, 0) is 21.5 Å². The molecule has 4 aromatic rings. The number of fused-ring (bicyclic) bond motifs is 1. The fourth-order valence-electron chi connectivity index (χ4n) is 3.99. The van der Waals surface area contributed by atoms with Crippen LogP contribution in [0, 0.1) is 0 Å². The van der Waals surface area contributed by atoms with Crippen LogP contribution in [0.2, 0.25) is 0 Å². The van der Waals surface area contributed by atoms with Gasteiger partial charge in [0.25, 0.3) is 11.1 Å². The SMILES string of the molecule is COc1ccc(/C=C2\SC(=O)N(Cc3cccc4ccccc34)C2=O)cc1OS(=O)(=O)c1ccccc1. The molecule has 186 valence electrons. The molecular weight excluding hydrogens is 510 g/mol. The van der Waals surface area contributed by atoms with Crippen molar-refractivity contribution in [2.45, 2.75) is 11.4 Å². The Morgan fingerprint density at radius 2 is 1.59 bits per heavy atom. The highest BCUT2D eigenvalue weighted by molar-refractivity contribution is 8.18. The predicted molar refractivity (Wildman–Crippen MR) is 143 cm³/mol. The van der Waals surface area contributed by atoms with Gasteiger partial charge in [-0.25, -0.2) is 0 Å². The normalized spacial score (nSPS) is 14.9. The summed E-state index contributed by atoms with van der Waals surface area (Å²) in [7, 11) is -2.71. The van der Waals surface area contributed by atoms with E-state index in [9.17, 15) is 18.0 Å². The van der Waals surface area contributed by atoms with Gasteiger partial charge in [-0.15, -0.1) is 0 Å². The molecule has 1 aliphatic rings. The molecule has 4 aromatic carbocycles. The van der Waals surface area contributed by atoms with Gasteiger partial charge in [-0.3, -0.25) is 14.5 Å². The zero-order valence-electron chi connectivity index (χ0n) is 19.7. The van der Waals surface area contributed by atoms with Crippen LogP contribution in [0.1, 0.15) is 11.1 Å². The van der Waals surface area contributed by atoms with E-state index in [2.05, 4.69) is 0 Å². The minimum absolute atomic E-state index is 0.00277. The zero-order valence-corrected chi connectivity index (χ0v) is 21.3. The maximum atomic E-state index is 13.1. The Balaban J connectivity index is 1.41. The lowest BCUT2D eigenvalue weighted by Crippen LogP contribution is -2.27. The van der Waals surface area contributed by atoms with Crippen LogP contribution in [0.25, 0.3) is 16.8 Å². The van der Waals surface area contributed by atoms with E-state index in [1.165, 1.54) is 36.3 Å². The largest absolute Gasteiger partial charge is 0.493 e. The number of carbonyl (C=O) groups is 2. The van der Waals surface area contributed by atoms with Crippen molar-refractivity contribution in [1.82, 2.24) is 4.90 Å². The quantitative estimate of drug-likeness (QED) is 0.218. The average Bonchev–Trinajstić information content (AvgIpc) is 3.16. The second kappa shape index (κ2) is 10.1. The molecule has 0 aromatic heterocycles. The highest BCUT2D eigenvalue weighted by atomic mass is 32.2. The summed E-state index contributed by atoms with van der Waals surface area (Å²) in [6.07, 6.45) is 1.54. The number of ether oxygens (including phenoxy) is 1. The van der Waals surface area contributed by atoms with Gasteiger partial charge in [0, 0.05) is 0 Å². The molecule has 1 aliphatic heterocycles. The van der Waals surface area contributed by atoms with E-state index in [4.69, 9.17) is 8.92 Å². The number of methoxy groups -OCH3 is 1. The molecule has 1 saturated heterocycles. The highest BCUT2D eigenvalue weighted by Crippen LogP contribution is 2.36. The van der Waals surface area contributed by atoms with E-state index in [1.807, 2.05) is 42.5 Å². The molecule has 0 radical (unpaired) electrons. The molecule has 9 heteroatoms.